The van der Waals surface area contributed by atoms with Crippen LogP contribution < -0.4 is 15.0 Å². The van der Waals surface area contributed by atoms with E-state index in [0.29, 0.717) is 22.7 Å². The number of likely N-dealkylation sites (N-methyl/N-ethyl adjacent to an activating group) is 1. The number of aryl methyl sites for hydroxylation is 2. The summed E-state index contributed by atoms with van der Waals surface area (Å²) in [5.41, 5.74) is 4.44. The fourth-order valence-corrected chi connectivity index (χ4v) is 3.45. The van der Waals surface area contributed by atoms with E-state index < -0.39 is 11.9 Å². The van der Waals surface area contributed by atoms with Crippen molar-refractivity contribution in [2.75, 3.05) is 18.6 Å². The van der Waals surface area contributed by atoms with Crippen LogP contribution in [0.5, 0.6) is 5.75 Å². The van der Waals surface area contributed by atoms with Crippen LogP contribution in [0, 0.1) is 25.2 Å². The molecule has 1 atom stereocenters. The minimum absolute atomic E-state index is 0.0323. The number of hydrogen-bond acceptors (Lipinski definition) is 6. The molecule has 1 N–H and O–H groups in total. The Morgan fingerprint density at radius 2 is 1.97 bits per heavy atom. The number of benzene rings is 2. The van der Waals surface area contributed by atoms with Gasteiger partial charge < -0.3 is 15.0 Å². The van der Waals surface area contributed by atoms with E-state index >= 15 is 0 Å². The number of nitrogens with one attached hydrogen (secondary N) is 1. The molecule has 1 aliphatic rings. The molecule has 32 heavy (non-hydrogen) atoms. The molecule has 0 bridgehead atoms. The highest BCUT2D eigenvalue weighted by Crippen LogP contribution is 2.31. The Morgan fingerprint density at radius 3 is 2.69 bits per heavy atom. The van der Waals surface area contributed by atoms with Crippen molar-refractivity contribution in [3.05, 3.63) is 71.2 Å². The molecular weight excluding hydrogens is 406 g/mol. The number of carbonyl (C=O) groups is 2. The molecule has 1 aliphatic heterocycles. The second-order valence-electron chi connectivity index (χ2n) is 7.62. The van der Waals surface area contributed by atoms with Crippen molar-refractivity contribution in [1.82, 2.24) is 15.3 Å². The minimum Gasteiger partial charge on any atom is -0.489 e. The van der Waals surface area contributed by atoms with Crippen molar-refractivity contribution < 1.29 is 14.3 Å². The highest BCUT2D eigenvalue weighted by Gasteiger charge is 2.31. The number of nitrogens with zero attached hydrogens (tertiary/aromatic N) is 4. The van der Waals surface area contributed by atoms with Crippen LogP contribution in [0.2, 0.25) is 0 Å². The Bertz CT molecular complexity index is 1250. The SMILES string of the molecule is Cc1ccc(-c2nc(C(=O)N[C@H]3COc4cc(C#N)ccc4N(C)C3=O)ncc2C)cc1. The monoisotopic (exact) mass is 427 g/mol. The standard InChI is InChI=1S/C24H21N5O3/c1-14-4-7-17(8-5-14)21-15(2)12-26-22(28-21)23(30)27-18-13-32-20-10-16(11-25)6-9-19(20)29(3)24(18)31/h4-10,12,18H,13H2,1-3H3,(H,27,30)/t18-/m0/s1. The van der Waals surface area contributed by atoms with Gasteiger partial charge in [0.1, 0.15) is 18.4 Å². The maximum atomic E-state index is 12.9. The van der Waals surface area contributed by atoms with Gasteiger partial charge in [-0.1, -0.05) is 29.8 Å². The van der Waals surface area contributed by atoms with E-state index in [9.17, 15) is 9.59 Å². The number of ether oxygens (including phenoxy) is 1. The maximum Gasteiger partial charge on any atom is 0.289 e. The molecule has 0 aliphatic carbocycles. The van der Waals surface area contributed by atoms with Crippen LogP contribution in [0.15, 0.2) is 48.7 Å². The van der Waals surface area contributed by atoms with E-state index in [-0.39, 0.29) is 18.3 Å². The molecule has 2 heterocycles. The summed E-state index contributed by atoms with van der Waals surface area (Å²) in [4.78, 5) is 35.8. The predicted molar refractivity (Wildman–Crippen MR) is 118 cm³/mol. The summed E-state index contributed by atoms with van der Waals surface area (Å²) in [6.07, 6.45) is 1.59. The van der Waals surface area contributed by atoms with Crippen LogP contribution in [0.1, 0.15) is 27.3 Å². The smallest absolute Gasteiger partial charge is 0.289 e. The Balaban J connectivity index is 1.56. The topological polar surface area (TPSA) is 108 Å². The quantitative estimate of drug-likeness (QED) is 0.689. The zero-order chi connectivity index (χ0) is 22.8. The molecule has 0 saturated heterocycles. The van der Waals surface area contributed by atoms with Crippen LogP contribution in [-0.2, 0) is 4.79 Å². The van der Waals surface area contributed by atoms with E-state index in [2.05, 4.69) is 15.3 Å². The first kappa shape index (κ1) is 21.0. The van der Waals surface area contributed by atoms with Crippen molar-refractivity contribution >= 4 is 17.5 Å². The molecule has 2 aromatic carbocycles. The molecule has 4 rings (SSSR count). The third-order valence-electron chi connectivity index (χ3n) is 5.29. The van der Waals surface area contributed by atoms with E-state index in [0.717, 1.165) is 16.7 Å². The van der Waals surface area contributed by atoms with Crippen molar-refractivity contribution in [3.63, 3.8) is 0 Å². The maximum absolute atomic E-state index is 12.9. The lowest BCUT2D eigenvalue weighted by Gasteiger charge is -2.20. The lowest BCUT2D eigenvalue weighted by molar-refractivity contribution is -0.120. The summed E-state index contributed by atoms with van der Waals surface area (Å²) in [6.45, 7) is 3.80. The van der Waals surface area contributed by atoms with Gasteiger partial charge in [-0.2, -0.15) is 5.26 Å². The first-order chi connectivity index (χ1) is 15.4. The second-order valence-corrected chi connectivity index (χ2v) is 7.62. The molecule has 3 aromatic rings. The van der Waals surface area contributed by atoms with Gasteiger partial charge in [-0.25, -0.2) is 9.97 Å². The van der Waals surface area contributed by atoms with E-state index in [1.54, 1.807) is 31.4 Å². The number of rotatable bonds is 3. The Morgan fingerprint density at radius 1 is 1.22 bits per heavy atom. The van der Waals surface area contributed by atoms with Gasteiger partial charge in [0.2, 0.25) is 5.82 Å². The van der Waals surface area contributed by atoms with Crippen LogP contribution in [0.3, 0.4) is 0 Å². The van der Waals surface area contributed by atoms with E-state index in [1.807, 2.05) is 44.2 Å². The highest BCUT2D eigenvalue weighted by atomic mass is 16.5. The zero-order valence-corrected chi connectivity index (χ0v) is 17.9. The van der Waals surface area contributed by atoms with Crippen molar-refractivity contribution in [1.29, 1.82) is 5.26 Å². The lowest BCUT2D eigenvalue weighted by Crippen LogP contribution is -2.49. The molecule has 0 radical (unpaired) electrons. The minimum atomic E-state index is -0.932. The Labute approximate surface area is 185 Å². The number of nitriles is 1. The highest BCUT2D eigenvalue weighted by molar-refractivity contribution is 6.02. The fraction of sp³-hybridized carbons (Fsp3) is 0.208. The lowest BCUT2D eigenvalue weighted by atomic mass is 10.1. The first-order valence-electron chi connectivity index (χ1n) is 10.0. The van der Waals surface area contributed by atoms with Gasteiger partial charge >= 0.3 is 0 Å². The molecule has 0 spiro atoms. The molecule has 8 heteroatoms. The van der Waals surface area contributed by atoms with E-state index in [1.165, 1.54) is 4.90 Å². The van der Waals surface area contributed by atoms with Gasteiger partial charge in [0, 0.05) is 24.9 Å². The number of anilines is 1. The Kier molecular flexibility index (Phi) is 5.56. The average molecular weight is 427 g/mol. The van der Waals surface area contributed by atoms with Gasteiger partial charge in [0.05, 0.1) is 23.0 Å². The third kappa shape index (κ3) is 4.01. The van der Waals surface area contributed by atoms with Crippen LogP contribution >= 0.6 is 0 Å². The van der Waals surface area contributed by atoms with Gasteiger partial charge in [-0.3, -0.25) is 9.59 Å². The van der Waals surface area contributed by atoms with Gasteiger partial charge in [-0.05, 0) is 31.5 Å². The van der Waals surface area contributed by atoms with Crippen LogP contribution in [0.4, 0.5) is 5.69 Å². The molecule has 2 amide bonds. The first-order valence-corrected chi connectivity index (χ1v) is 10.0. The number of carbonyl (C=O) groups excluding carboxylic acids is 2. The number of hydrogen-bond donors (Lipinski definition) is 1. The summed E-state index contributed by atoms with van der Waals surface area (Å²) in [7, 11) is 1.60. The van der Waals surface area contributed by atoms with Crippen LogP contribution in [-0.4, -0.2) is 41.5 Å². The fourth-order valence-electron chi connectivity index (χ4n) is 3.45. The number of fused-ring (bicyclic) bond motifs is 1. The normalized spacial score (nSPS) is 15.2. The molecule has 0 unspecified atom stereocenters. The summed E-state index contributed by atoms with van der Waals surface area (Å²) in [6, 6.07) is 13.8. The molecular formula is C24H21N5O3. The second kappa shape index (κ2) is 8.47. The van der Waals surface area contributed by atoms with Crippen molar-refractivity contribution in [2.45, 2.75) is 19.9 Å². The predicted octanol–water partition coefficient (Wildman–Crippen LogP) is 2.79. The number of aromatic nitrogens is 2. The summed E-state index contributed by atoms with van der Waals surface area (Å²) >= 11 is 0. The molecule has 160 valence electrons. The summed E-state index contributed by atoms with van der Waals surface area (Å²) in [5, 5.41) is 11.8. The van der Waals surface area contributed by atoms with E-state index in [4.69, 9.17) is 10.00 Å². The van der Waals surface area contributed by atoms with Crippen molar-refractivity contribution in [2.24, 2.45) is 0 Å². The van der Waals surface area contributed by atoms with Crippen molar-refractivity contribution in [3.8, 4) is 23.1 Å². The average Bonchev–Trinajstić information content (AvgIpc) is 2.91. The number of amides is 2. The largest absolute Gasteiger partial charge is 0.489 e. The third-order valence-corrected chi connectivity index (χ3v) is 5.29. The van der Waals surface area contributed by atoms with Gasteiger partial charge in [0.15, 0.2) is 0 Å². The molecule has 0 saturated carbocycles. The van der Waals surface area contributed by atoms with Crippen LogP contribution in [0.25, 0.3) is 11.3 Å². The molecule has 0 fully saturated rings. The zero-order valence-electron chi connectivity index (χ0n) is 17.9. The molecule has 8 nitrogen and oxygen atoms in total. The Hall–Kier alpha value is -4.25. The van der Waals surface area contributed by atoms with Gasteiger partial charge in [-0.15, -0.1) is 0 Å². The molecule has 1 aromatic heterocycles. The van der Waals surface area contributed by atoms with Gasteiger partial charge in [0.25, 0.3) is 11.8 Å². The summed E-state index contributed by atoms with van der Waals surface area (Å²) in [5.74, 6) is -0.537. The summed E-state index contributed by atoms with van der Waals surface area (Å²) < 4.78 is 5.74.